The lowest BCUT2D eigenvalue weighted by atomic mass is 9.94. The minimum atomic E-state index is 1.12. The summed E-state index contributed by atoms with van der Waals surface area (Å²) in [5.41, 5.74) is 9.36. The Hall–Kier alpha value is -6.29. The van der Waals surface area contributed by atoms with Gasteiger partial charge in [0.25, 0.3) is 0 Å². The summed E-state index contributed by atoms with van der Waals surface area (Å²) in [5, 5.41) is 7.67. The lowest BCUT2D eigenvalue weighted by molar-refractivity contribution is 1.17. The van der Waals surface area contributed by atoms with E-state index in [1.165, 1.54) is 70.3 Å². The van der Waals surface area contributed by atoms with Crippen molar-refractivity contribution in [3.05, 3.63) is 194 Å². The van der Waals surface area contributed by atoms with E-state index in [-0.39, 0.29) is 0 Å². The molecule has 1 aliphatic heterocycles. The molecule has 1 aliphatic rings. The van der Waals surface area contributed by atoms with Crippen molar-refractivity contribution in [3.63, 3.8) is 0 Å². The zero-order chi connectivity index (χ0) is 33.7. The van der Waals surface area contributed by atoms with Gasteiger partial charge in [-0.3, -0.25) is 0 Å². The number of fused-ring (bicyclic) bond motifs is 8. The van der Waals surface area contributed by atoms with E-state index >= 15 is 0 Å². The van der Waals surface area contributed by atoms with Crippen LogP contribution in [0.15, 0.2) is 204 Å². The number of para-hydroxylation sites is 3. The Kier molecular flexibility index (Phi) is 7.11. The van der Waals surface area contributed by atoms with Gasteiger partial charge in [0.2, 0.25) is 0 Å². The van der Waals surface area contributed by atoms with Gasteiger partial charge in [0, 0.05) is 32.5 Å². The first-order valence-corrected chi connectivity index (χ1v) is 18.2. The molecule has 9 aromatic rings. The Bertz CT molecular complexity index is 2690. The number of hydrogen-bond donors (Lipinski definition) is 0. The molecule has 0 N–H and O–H groups in total. The average molecular weight is 669 g/mol. The van der Waals surface area contributed by atoms with Gasteiger partial charge in [-0.2, -0.15) is 0 Å². The molecule has 0 amide bonds. The van der Waals surface area contributed by atoms with Gasteiger partial charge in [0.05, 0.1) is 11.4 Å². The molecular formula is C48H32N2S. The fourth-order valence-electron chi connectivity index (χ4n) is 7.65. The monoisotopic (exact) mass is 668 g/mol. The highest BCUT2D eigenvalue weighted by atomic mass is 32.2. The van der Waals surface area contributed by atoms with Crippen molar-refractivity contribution in [2.24, 2.45) is 0 Å². The molecule has 0 aliphatic carbocycles. The normalized spacial score (nSPS) is 12.2. The highest BCUT2D eigenvalue weighted by Crippen LogP contribution is 2.52. The van der Waals surface area contributed by atoms with Crippen LogP contribution in [0.5, 0.6) is 0 Å². The van der Waals surface area contributed by atoms with Crippen molar-refractivity contribution < 1.29 is 0 Å². The fourth-order valence-corrected chi connectivity index (χ4v) is 8.75. The quantitative estimate of drug-likeness (QED) is 0.169. The van der Waals surface area contributed by atoms with E-state index in [1.807, 2.05) is 11.8 Å². The van der Waals surface area contributed by atoms with Gasteiger partial charge in [-0.15, -0.1) is 0 Å². The molecule has 0 radical (unpaired) electrons. The van der Waals surface area contributed by atoms with Crippen LogP contribution in [0.4, 0.5) is 34.1 Å². The summed E-state index contributed by atoms with van der Waals surface area (Å²) < 4.78 is 0. The van der Waals surface area contributed by atoms with E-state index in [9.17, 15) is 0 Å². The van der Waals surface area contributed by atoms with Crippen LogP contribution < -0.4 is 9.80 Å². The molecule has 10 rings (SSSR count). The number of benzene rings is 9. The Balaban J connectivity index is 1.06. The van der Waals surface area contributed by atoms with Crippen molar-refractivity contribution >= 4 is 78.2 Å². The Morgan fingerprint density at radius 2 is 0.843 bits per heavy atom. The van der Waals surface area contributed by atoms with Gasteiger partial charge in [-0.25, -0.2) is 0 Å². The average Bonchev–Trinajstić information content (AvgIpc) is 3.21. The van der Waals surface area contributed by atoms with Gasteiger partial charge in [0.1, 0.15) is 0 Å². The highest BCUT2D eigenvalue weighted by molar-refractivity contribution is 7.99. The maximum absolute atomic E-state index is 2.38. The molecule has 0 atom stereocenters. The molecule has 0 saturated carbocycles. The van der Waals surface area contributed by atoms with E-state index in [2.05, 4.69) is 204 Å². The number of hydrogen-bond acceptors (Lipinski definition) is 3. The summed E-state index contributed by atoms with van der Waals surface area (Å²) in [6.07, 6.45) is 0. The number of anilines is 6. The molecule has 0 spiro atoms. The second-order valence-electron chi connectivity index (χ2n) is 13.0. The molecule has 0 fully saturated rings. The van der Waals surface area contributed by atoms with Crippen molar-refractivity contribution in [2.45, 2.75) is 9.79 Å². The van der Waals surface area contributed by atoms with E-state index in [0.29, 0.717) is 0 Å². The minimum absolute atomic E-state index is 1.12. The van der Waals surface area contributed by atoms with Crippen LogP contribution in [0.3, 0.4) is 0 Å². The maximum atomic E-state index is 2.38. The highest BCUT2D eigenvalue weighted by Gasteiger charge is 2.25. The molecule has 0 saturated heterocycles. The molecule has 240 valence electrons. The predicted octanol–water partition coefficient (Wildman–Crippen LogP) is 14.2. The Labute approximate surface area is 301 Å². The Morgan fingerprint density at radius 1 is 0.333 bits per heavy atom. The van der Waals surface area contributed by atoms with E-state index in [4.69, 9.17) is 0 Å². The van der Waals surface area contributed by atoms with Crippen molar-refractivity contribution in [2.75, 3.05) is 9.80 Å². The third-order valence-corrected chi connectivity index (χ3v) is 11.1. The number of nitrogens with zero attached hydrogens (tertiary/aromatic N) is 2. The van der Waals surface area contributed by atoms with Crippen molar-refractivity contribution in [1.29, 1.82) is 0 Å². The van der Waals surface area contributed by atoms with E-state index < -0.39 is 0 Å². The molecule has 3 heteroatoms. The van der Waals surface area contributed by atoms with Gasteiger partial charge >= 0.3 is 0 Å². The molecule has 2 nitrogen and oxygen atoms in total. The van der Waals surface area contributed by atoms with E-state index in [1.54, 1.807) is 0 Å². The molecule has 0 aromatic heterocycles. The van der Waals surface area contributed by atoms with Crippen molar-refractivity contribution in [3.8, 4) is 11.1 Å². The predicted molar refractivity (Wildman–Crippen MR) is 218 cm³/mol. The van der Waals surface area contributed by atoms with Crippen LogP contribution in [-0.2, 0) is 0 Å². The summed E-state index contributed by atoms with van der Waals surface area (Å²) in [6, 6.07) is 70.4. The van der Waals surface area contributed by atoms with Crippen LogP contribution >= 0.6 is 11.8 Å². The standard InChI is InChI=1S/C48H32N2S/c1-3-13-35(14-4-1)49(38-28-29-43-41-19-8-7-17-39(41)40-18-9-10-20-42(40)44(43)32-38)37-26-23-33(24-27-37)34-25-30-46-48(31-34)51-47-22-12-11-21-45(47)50(46)36-15-5-2-6-16-36/h1-32H. The van der Waals surface area contributed by atoms with Crippen molar-refractivity contribution in [1.82, 2.24) is 0 Å². The third-order valence-electron chi connectivity index (χ3n) is 10.0. The third kappa shape index (κ3) is 5.05. The minimum Gasteiger partial charge on any atom is -0.310 e. The summed E-state index contributed by atoms with van der Waals surface area (Å²) in [5.74, 6) is 0. The largest absolute Gasteiger partial charge is 0.310 e. The van der Waals surface area contributed by atoms with Crippen LogP contribution in [0.1, 0.15) is 0 Å². The first-order valence-electron chi connectivity index (χ1n) is 17.4. The smallest absolute Gasteiger partial charge is 0.0602 e. The second-order valence-corrected chi connectivity index (χ2v) is 14.0. The van der Waals surface area contributed by atoms with Crippen LogP contribution in [-0.4, -0.2) is 0 Å². The summed E-state index contributed by atoms with van der Waals surface area (Å²) >= 11 is 1.84. The topological polar surface area (TPSA) is 6.48 Å². The first kappa shape index (κ1) is 29.6. The molecule has 0 unspecified atom stereocenters. The lowest BCUT2D eigenvalue weighted by Gasteiger charge is -2.33. The second kappa shape index (κ2) is 12.2. The fraction of sp³-hybridized carbons (Fsp3) is 0. The molecule has 1 heterocycles. The van der Waals surface area contributed by atoms with Crippen LogP contribution in [0, 0.1) is 0 Å². The van der Waals surface area contributed by atoms with Gasteiger partial charge < -0.3 is 9.80 Å². The maximum Gasteiger partial charge on any atom is 0.0602 e. The van der Waals surface area contributed by atoms with Crippen LogP contribution in [0.2, 0.25) is 0 Å². The Morgan fingerprint density at radius 3 is 1.55 bits per heavy atom. The summed E-state index contributed by atoms with van der Waals surface area (Å²) in [6.45, 7) is 0. The first-order chi connectivity index (χ1) is 25.3. The summed E-state index contributed by atoms with van der Waals surface area (Å²) in [7, 11) is 0. The van der Waals surface area contributed by atoms with Crippen LogP contribution in [0.25, 0.3) is 43.4 Å². The summed E-state index contributed by atoms with van der Waals surface area (Å²) in [4.78, 5) is 7.25. The lowest BCUT2D eigenvalue weighted by Crippen LogP contribution is -2.14. The zero-order valence-electron chi connectivity index (χ0n) is 27.8. The van der Waals surface area contributed by atoms with Gasteiger partial charge in [0.15, 0.2) is 0 Å². The van der Waals surface area contributed by atoms with Gasteiger partial charge in [-0.1, -0.05) is 133 Å². The number of rotatable bonds is 5. The molecule has 51 heavy (non-hydrogen) atoms. The zero-order valence-corrected chi connectivity index (χ0v) is 28.6. The van der Waals surface area contributed by atoms with Gasteiger partial charge in [-0.05, 0) is 116 Å². The SMILES string of the molecule is c1ccc(N(c2ccc(-c3ccc4c(c3)Sc3ccccc3N4c3ccccc3)cc2)c2ccc3c4ccccc4c4ccccc4c3c2)cc1. The molecule has 0 bridgehead atoms. The van der Waals surface area contributed by atoms with E-state index in [0.717, 1.165) is 17.1 Å². The molecular weight excluding hydrogens is 637 g/mol. The molecule has 9 aromatic carbocycles.